The molecule has 0 bridgehead atoms. The molecule has 122 valence electrons. The predicted octanol–water partition coefficient (Wildman–Crippen LogP) is 2.37. The van der Waals surface area contributed by atoms with Crippen LogP contribution in [0.15, 0.2) is 36.3 Å². The number of nitrogens with zero attached hydrogens (tertiary/aromatic N) is 2. The topological polar surface area (TPSA) is 75.1 Å². The molecule has 9 heteroatoms. The van der Waals surface area contributed by atoms with Crippen LogP contribution in [-0.4, -0.2) is 45.6 Å². The fourth-order valence-corrected chi connectivity index (χ4v) is 2.89. The van der Waals surface area contributed by atoms with E-state index in [0.29, 0.717) is 11.2 Å². The Morgan fingerprint density at radius 2 is 2.05 bits per heavy atom. The quantitative estimate of drug-likeness (QED) is 0.650. The number of aromatic nitrogens is 2. The molecular weight excluding hydrogens is 319 g/mol. The molecule has 0 unspecified atom stereocenters. The van der Waals surface area contributed by atoms with Gasteiger partial charge in [-0.05, 0) is 24.9 Å². The third kappa shape index (κ3) is 6.44. The Labute approximate surface area is 130 Å². The van der Waals surface area contributed by atoms with Crippen molar-refractivity contribution in [1.29, 1.82) is 0 Å². The Bertz CT molecular complexity index is 485. The lowest BCUT2D eigenvalue weighted by molar-refractivity contribution is -0.192. The van der Waals surface area contributed by atoms with Gasteiger partial charge in [0.15, 0.2) is 5.16 Å². The molecule has 2 N–H and O–H groups in total. The van der Waals surface area contributed by atoms with Crippen molar-refractivity contribution in [3.63, 3.8) is 0 Å². The molecule has 0 amide bonds. The van der Waals surface area contributed by atoms with Gasteiger partial charge in [-0.15, -0.1) is 6.58 Å². The van der Waals surface area contributed by atoms with Gasteiger partial charge in [0.05, 0.1) is 0 Å². The molecule has 1 aromatic heterocycles. The number of rotatable bonds is 4. The third-order valence-electron chi connectivity index (χ3n) is 2.79. The SMILES string of the molecule is C=CC[C@@H]1CNC[C@H]1Sc1ncccn1.O=C(O)C(F)(F)F. The van der Waals surface area contributed by atoms with Crippen LogP contribution < -0.4 is 5.32 Å². The van der Waals surface area contributed by atoms with Crippen molar-refractivity contribution < 1.29 is 23.1 Å². The maximum atomic E-state index is 10.6. The maximum Gasteiger partial charge on any atom is 0.490 e. The standard InChI is InChI=1S/C11H15N3S.C2HF3O2/c1-2-4-9-7-12-8-10(9)15-11-13-5-3-6-14-11;3-2(4,5)1(6)7/h2-3,5-6,9-10,12H,1,4,7-8H2;(H,6,7)/t9-,10-;/m1./s1. The van der Waals surface area contributed by atoms with E-state index in [1.165, 1.54) is 0 Å². The van der Waals surface area contributed by atoms with Crippen molar-refractivity contribution in [1.82, 2.24) is 15.3 Å². The second-order valence-corrected chi connectivity index (χ2v) is 5.64. The van der Waals surface area contributed by atoms with Crippen LogP contribution in [0.25, 0.3) is 0 Å². The summed E-state index contributed by atoms with van der Waals surface area (Å²) in [5.74, 6) is -2.09. The highest BCUT2D eigenvalue weighted by molar-refractivity contribution is 7.99. The van der Waals surface area contributed by atoms with E-state index < -0.39 is 12.1 Å². The first-order valence-electron chi connectivity index (χ1n) is 6.40. The minimum absolute atomic E-state index is 0.574. The monoisotopic (exact) mass is 335 g/mol. The molecule has 1 aromatic rings. The van der Waals surface area contributed by atoms with Crippen LogP contribution in [0.2, 0.25) is 0 Å². The second-order valence-electron chi connectivity index (χ2n) is 4.43. The average Bonchev–Trinajstić information content (AvgIpc) is 2.87. The molecule has 0 radical (unpaired) electrons. The summed E-state index contributed by atoms with van der Waals surface area (Å²) in [6.45, 7) is 5.92. The molecule has 0 spiro atoms. The van der Waals surface area contributed by atoms with E-state index in [1.807, 2.05) is 12.1 Å². The van der Waals surface area contributed by atoms with Crippen LogP contribution in [0.1, 0.15) is 6.42 Å². The molecular formula is C13H16F3N3O2S. The molecule has 1 fully saturated rings. The summed E-state index contributed by atoms with van der Waals surface area (Å²) in [5.41, 5.74) is 0. The van der Waals surface area contributed by atoms with Crippen molar-refractivity contribution >= 4 is 17.7 Å². The zero-order valence-corrected chi connectivity index (χ0v) is 12.4. The number of carboxylic acid groups (broad SMARTS) is 1. The molecule has 1 aliphatic rings. The Balaban J connectivity index is 0.000000295. The third-order valence-corrected chi connectivity index (χ3v) is 4.06. The highest BCUT2D eigenvalue weighted by atomic mass is 32.2. The van der Waals surface area contributed by atoms with Gasteiger partial charge in [0.1, 0.15) is 0 Å². The fourth-order valence-electron chi connectivity index (χ4n) is 1.78. The van der Waals surface area contributed by atoms with Gasteiger partial charge in [-0.1, -0.05) is 17.8 Å². The number of aliphatic carboxylic acids is 1. The van der Waals surface area contributed by atoms with Crippen LogP contribution in [0.4, 0.5) is 13.2 Å². The van der Waals surface area contributed by atoms with Crippen LogP contribution in [0.3, 0.4) is 0 Å². The summed E-state index contributed by atoms with van der Waals surface area (Å²) < 4.78 is 31.7. The van der Waals surface area contributed by atoms with Gasteiger partial charge in [0, 0.05) is 24.2 Å². The molecule has 2 heterocycles. The second kappa shape index (κ2) is 8.74. The number of alkyl halides is 3. The first-order chi connectivity index (χ1) is 10.3. The lowest BCUT2D eigenvalue weighted by Gasteiger charge is -2.14. The van der Waals surface area contributed by atoms with Gasteiger partial charge >= 0.3 is 12.1 Å². The molecule has 0 aromatic carbocycles. The Hall–Kier alpha value is -1.61. The number of halogens is 3. The summed E-state index contributed by atoms with van der Waals surface area (Å²) in [6, 6.07) is 1.85. The van der Waals surface area contributed by atoms with E-state index in [9.17, 15) is 13.2 Å². The highest BCUT2D eigenvalue weighted by Crippen LogP contribution is 2.29. The molecule has 2 atom stereocenters. The summed E-state index contributed by atoms with van der Waals surface area (Å²) in [5, 5.41) is 12.0. The number of allylic oxidation sites excluding steroid dienone is 1. The highest BCUT2D eigenvalue weighted by Gasteiger charge is 2.38. The minimum atomic E-state index is -5.08. The first kappa shape index (κ1) is 18.4. The average molecular weight is 335 g/mol. The summed E-state index contributed by atoms with van der Waals surface area (Å²) in [6.07, 6.45) is 1.56. The number of carbonyl (C=O) groups is 1. The Kier molecular flexibility index (Phi) is 7.33. The zero-order chi connectivity index (χ0) is 16.6. The van der Waals surface area contributed by atoms with Gasteiger partial charge in [0.2, 0.25) is 0 Å². The number of hydrogen-bond donors (Lipinski definition) is 2. The summed E-state index contributed by atoms with van der Waals surface area (Å²) in [4.78, 5) is 17.4. The molecule has 1 saturated heterocycles. The van der Waals surface area contributed by atoms with E-state index in [1.54, 1.807) is 24.2 Å². The van der Waals surface area contributed by atoms with Gasteiger partial charge in [-0.3, -0.25) is 0 Å². The van der Waals surface area contributed by atoms with E-state index >= 15 is 0 Å². The lowest BCUT2D eigenvalue weighted by Crippen LogP contribution is -2.21. The fraction of sp³-hybridized carbons (Fsp3) is 0.462. The van der Waals surface area contributed by atoms with Crippen molar-refractivity contribution in [2.45, 2.75) is 23.0 Å². The zero-order valence-electron chi connectivity index (χ0n) is 11.6. The number of thioether (sulfide) groups is 1. The van der Waals surface area contributed by atoms with E-state index in [0.717, 1.165) is 24.7 Å². The minimum Gasteiger partial charge on any atom is -0.475 e. The maximum absolute atomic E-state index is 10.6. The molecule has 0 aliphatic carbocycles. The largest absolute Gasteiger partial charge is 0.490 e. The predicted molar refractivity (Wildman–Crippen MR) is 76.5 cm³/mol. The van der Waals surface area contributed by atoms with Gasteiger partial charge < -0.3 is 10.4 Å². The van der Waals surface area contributed by atoms with Gasteiger partial charge in [0.25, 0.3) is 0 Å². The first-order valence-corrected chi connectivity index (χ1v) is 7.28. The van der Waals surface area contributed by atoms with Crippen LogP contribution >= 0.6 is 11.8 Å². The van der Waals surface area contributed by atoms with Crippen LogP contribution in [0, 0.1) is 5.92 Å². The summed E-state index contributed by atoms with van der Waals surface area (Å²) >= 11 is 1.77. The van der Waals surface area contributed by atoms with Gasteiger partial charge in [-0.25, -0.2) is 14.8 Å². The Morgan fingerprint density at radius 1 is 1.45 bits per heavy atom. The van der Waals surface area contributed by atoms with Crippen molar-refractivity contribution in [3.05, 3.63) is 31.1 Å². The van der Waals surface area contributed by atoms with Crippen LogP contribution in [-0.2, 0) is 4.79 Å². The Morgan fingerprint density at radius 3 is 2.55 bits per heavy atom. The number of hydrogen-bond acceptors (Lipinski definition) is 5. The van der Waals surface area contributed by atoms with Crippen molar-refractivity contribution in [3.8, 4) is 0 Å². The van der Waals surface area contributed by atoms with Crippen LogP contribution in [0.5, 0.6) is 0 Å². The van der Waals surface area contributed by atoms with Crippen molar-refractivity contribution in [2.75, 3.05) is 13.1 Å². The smallest absolute Gasteiger partial charge is 0.475 e. The van der Waals surface area contributed by atoms with E-state index in [2.05, 4.69) is 21.9 Å². The normalized spacial score (nSPS) is 20.9. The number of nitrogens with one attached hydrogen (secondary N) is 1. The van der Waals surface area contributed by atoms with E-state index in [4.69, 9.17) is 9.90 Å². The molecule has 1 aliphatic heterocycles. The number of carboxylic acids is 1. The van der Waals surface area contributed by atoms with Gasteiger partial charge in [-0.2, -0.15) is 13.2 Å². The van der Waals surface area contributed by atoms with E-state index in [-0.39, 0.29) is 0 Å². The molecule has 2 rings (SSSR count). The molecule has 5 nitrogen and oxygen atoms in total. The summed E-state index contributed by atoms with van der Waals surface area (Å²) in [7, 11) is 0. The molecule has 22 heavy (non-hydrogen) atoms. The van der Waals surface area contributed by atoms with Crippen molar-refractivity contribution in [2.24, 2.45) is 5.92 Å². The molecule has 0 saturated carbocycles. The lowest BCUT2D eigenvalue weighted by atomic mass is 10.1.